The number of nitrogens with zero attached hydrogens (tertiary/aromatic N) is 1. The standard InChI is InChI=1S/C18H19N3/c1-11(2)20-21-17-15-8-4-3-7-13(15)14-9-5-6-12-10-19-18(17)16(12)14/h3-9,11,17,20-21H,10H2,1-2H3. The molecule has 3 nitrogen and oxygen atoms in total. The van der Waals surface area contributed by atoms with Crippen molar-refractivity contribution in [1.29, 1.82) is 0 Å². The maximum absolute atomic E-state index is 4.81. The lowest BCUT2D eigenvalue weighted by atomic mass is 9.80. The Morgan fingerprint density at radius 2 is 1.86 bits per heavy atom. The van der Waals surface area contributed by atoms with Crippen LogP contribution >= 0.6 is 0 Å². The second kappa shape index (κ2) is 4.79. The van der Waals surface area contributed by atoms with Crippen LogP contribution in [0.5, 0.6) is 0 Å². The first-order valence-electron chi connectivity index (χ1n) is 7.52. The van der Waals surface area contributed by atoms with Crippen molar-refractivity contribution < 1.29 is 0 Å². The summed E-state index contributed by atoms with van der Waals surface area (Å²) in [7, 11) is 0. The van der Waals surface area contributed by atoms with Crippen LogP contribution in [-0.2, 0) is 6.54 Å². The smallest absolute Gasteiger partial charge is 0.0892 e. The van der Waals surface area contributed by atoms with E-state index in [1.54, 1.807) is 0 Å². The van der Waals surface area contributed by atoms with Crippen molar-refractivity contribution in [2.45, 2.75) is 32.5 Å². The van der Waals surface area contributed by atoms with E-state index in [9.17, 15) is 0 Å². The van der Waals surface area contributed by atoms with E-state index in [4.69, 9.17) is 4.99 Å². The molecule has 0 bridgehead atoms. The average Bonchev–Trinajstić information content (AvgIpc) is 2.92. The molecule has 0 radical (unpaired) electrons. The zero-order valence-corrected chi connectivity index (χ0v) is 12.4. The van der Waals surface area contributed by atoms with Gasteiger partial charge in [0.15, 0.2) is 0 Å². The SMILES string of the molecule is CC(C)NNC1C2=NCc3cccc(c32)-c2ccccc21. The third-order valence-corrected chi connectivity index (χ3v) is 4.18. The van der Waals surface area contributed by atoms with Crippen molar-refractivity contribution in [2.75, 3.05) is 0 Å². The fourth-order valence-electron chi connectivity index (χ4n) is 3.28. The first-order chi connectivity index (χ1) is 10.3. The average molecular weight is 277 g/mol. The number of benzene rings is 2. The van der Waals surface area contributed by atoms with Gasteiger partial charge in [0, 0.05) is 11.6 Å². The van der Waals surface area contributed by atoms with Gasteiger partial charge in [-0.3, -0.25) is 10.4 Å². The van der Waals surface area contributed by atoms with E-state index in [-0.39, 0.29) is 6.04 Å². The van der Waals surface area contributed by atoms with Gasteiger partial charge in [-0.2, -0.15) is 0 Å². The molecule has 106 valence electrons. The van der Waals surface area contributed by atoms with E-state index in [2.05, 4.69) is 67.2 Å². The number of hydrazine groups is 1. The second-order valence-electron chi connectivity index (χ2n) is 6.00. The fraction of sp³-hybridized carbons (Fsp3) is 0.278. The van der Waals surface area contributed by atoms with Crippen molar-refractivity contribution in [3.05, 3.63) is 59.2 Å². The van der Waals surface area contributed by atoms with Crippen molar-refractivity contribution in [3.8, 4) is 11.1 Å². The molecule has 1 heterocycles. The highest BCUT2D eigenvalue weighted by Crippen LogP contribution is 2.42. The lowest BCUT2D eigenvalue weighted by Crippen LogP contribution is -2.44. The monoisotopic (exact) mass is 277 g/mol. The molecule has 0 amide bonds. The zero-order valence-electron chi connectivity index (χ0n) is 12.4. The summed E-state index contributed by atoms with van der Waals surface area (Å²) in [6, 6.07) is 15.7. The minimum Gasteiger partial charge on any atom is -0.282 e. The number of hydrogen-bond donors (Lipinski definition) is 2. The summed E-state index contributed by atoms with van der Waals surface area (Å²) in [5.41, 5.74) is 14.6. The third kappa shape index (κ3) is 1.93. The van der Waals surface area contributed by atoms with Gasteiger partial charge in [-0.05, 0) is 36.1 Å². The highest BCUT2D eigenvalue weighted by molar-refractivity contribution is 6.15. The minimum atomic E-state index is 0.125. The van der Waals surface area contributed by atoms with Gasteiger partial charge in [0.25, 0.3) is 0 Å². The van der Waals surface area contributed by atoms with Crippen LogP contribution in [-0.4, -0.2) is 11.8 Å². The maximum Gasteiger partial charge on any atom is 0.0892 e. The van der Waals surface area contributed by atoms with Gasteiger partial charge in [-0.15, -0.1) is 0 Å². The predicted molar refractivity (Wildman–Crippen MR) is 86.3 cm³/mol. The number of fused-ring (bicyclic) bond motifs is 2. The molecule has 2 N–H and O–H groups in total. The Balaban J connectivity index is 1.88. The lowest BCUT2D eigenvalue weighted by molar-refractivity contribution is 0.452. The highest BCUT2D eigenvalue weighted by Gasteiger charge is 2.33. The number of nitrogens with one attached hydrogen (secondary N) is 2. The summed E-state index contributed by atoms with van der Waals surface area (Å²) in [6.45, 7) is 5.07. The molecule has 3 heteroatoms. The molecule has 1 unspecified atom stereocenters. The molecule has 1 aliphatic carbocycles. The Morgan fingerprint density at radius 3 is 2.71 bits per heavy atom. The van der Waals surface area contributed by atoms with Crippen molar-refractivity contribution in [3.63, 3.8) is 0 Å². The van der Waals surface area contributed by atoms with Gasteiger partial charge >= 0.3 is 0 Å². The fourth-order valence-corrected chi connectivity index (χ4v) is 3.28. The van der Waals surface area contributed by atoms with E-state index >= 15 is 0 Å². The first kappa shape index (κ1) is 12.7. The van der Waals surface area contributed by atoms with Crippen molar-refractivity contribution in [2.24, 2.45) is 4.99 Å². The molecule has 0 spiro atoms. The Bertz CT molecular complexity index is 731. The third-order valence-electron chi connectivity index (χ3n) is 4.18. The van der Waals surface area contributed by atoms with Gasteiger partial charge in [0.2, 0.25) is 0 Å². The molecule has 0 saturated carbocycles. The van der Waals surface area contributed by atoms with Gasteiger partial charge in [-0.25, -0.2) is 5.43 Å². The van der Waals surface area contributed by atoms with E-state index < -0.39 is 0 Å². The summed E-state index contributed by atoms with van der Waals surface area (Å²) in [5.74, 6) is 0. The van der Waals surface area contributed by atoms with Crippen LogP contribution in [0.2, 0.25) is 0 Å². The minimum absolute atomic E-state index is 0.125. The Kier molecular flexibility index (Phi) is 2.91. The van der Waals surface area contributed by atoms with Crippen LogP contribution in [0.25, 0.3) is 11.1 Å². The van der Waals surface area contributed by atoms with E-state index in [0.717, 1.165) is 6.54 Å². The van der Waals surface area contributed by atoms with Crippen LogP contribution in [0.15, 0.2) is 47.5 Å². The molecule has 2 aliphatic rings. The van der Waals surface area contributed by atoms with E-state index in [1.807, 2.05) is 0 Å². The first-order valence-corrected chi connectivity index (χ1v) is 7.52. The normalized spacial score (nSPS) is 18.4. The van der Waals surface area contributed by atoms with Gasteiger partial charge in [0.1, 0.15) is 0 Å². The topological polar surface area (TPSA) is 36.4 Å². The molecule has 21 heavy (non-hydrogen) atoms. The molecule has 2 aromatic rings. The van der Waals surface area contributed by atoms with Crippen molar-refractivity contribution in [1.82, 2.24) is 10.9 Å². The molecular formula is C18H19N3. The van der Waals surface area contributed by atoms with Gasteiger partial charge in [-0.1, -0.05) is 42.5 Å². The molecule has 1 aliphatic heterocycles. The summed E-state index contributed by atoms with van der Waals surface area (Å²) in [5, 5.41) is 0. The molecule has 2 aromatic carbocycles. The second-order valence-corrected chi connectivity index (χ2v) is 6.00. The number of hydrogen-bond acceptors (Lipinski definition) is 3. The van der Waals surface area contributed by atoms with Crippen LogP contribution in [0, 0.1) is 0 Å². The number of aliphatic imine (C=N–C) groups is 1. The van der Waals surface area contributed by atoms with Crippen LogP contribution in [0.1, 0.15) is 36.6 Å². The highest BCUT2D eigenvalue weighted by atomic mass is 15.4. The van der Waals surface area contributed by atoms with Crippen LogP contribution in [0.3, 0.4) is 0 Å². The molecular weight excluding hydrogens is 258 g/mol. The maximum atomic E-state index is 4.81. The Labute approximate surface area is 125 Å². The lowest BCUT2D eigenvalue weighted by Gasteiger charge is -2.30. The molecule has 0 saturated heterocycles. The predicted octanol–water partition coefficient (Wildman–Crippen LogP) is 3.21. The molecule has 0 aromatic heterocycles. The van der Waals surface area contributed by atoms with Crippen LogP contribution in [0.4, 0.5) is 0 Å². The number of rotatable bonds is 3. The van der Waals surface area contributed by atoms with Crippen molar-refractivity contribution >= 4 is 5.71 Å². The quantitative estimate of drug-likeness (QED) is 0.845. The molecule has 1 atom stereocenters. The summed E-state index contributed by atoms with van der Waals surface area (Å²) in [6.07, 6.45) is 0. The van der Waals surface area contributed by atoms with Gasteiger partial charge in [0.05, 0.1) is 18.3 Å². The van der Waals surface area contributed by atoms with E-state index in [1.165, 1.54) is 33.5 Å². The Hall–Kier alpha value is -1.97. The Morgan fingerprint density at radius 1 is 1.05 bits per heavy atom. The van der Waals surface area contributed by atoms with Crippen LogP contribution < -0.4 is 10.9 Å². The van der Waals surface area contributed by atoms with Gasteiger partial charge < -0.3 is 0 Å². The molecule has 4 rings (SSSR count). The summed E-state index contributed by atoms with van der Waals surface area (Å²) >= 11 is 0. The summed E-state index contributed by atoms with van der Waals surface area (Å²) in [4.78, 5) is 4.81. The summed E-state index contributed by atoms with van der Waals surface area (Å²) < 4.78 is 0. The van der Waals surface area contributed by atoms with E-state index in [0.29, 0.717) is 6.04 Å². The molecule has 0 fully saturated rings. The zero-order chi connectivity index (χ0) is 14.4. The largest absolute Gasteiger partial charge is 0.282 e.